The minimum Gasteiger partial charge on any atom is -0.332 e. The van der Waals surface area contributed by atoms with Gasteiger partial charge in [0.05, 0.1) is 17.8 Å². The van der Waals surface area contributed by atoms with Gasteiger partial charge in [-0.05, 0) is 31.2 Å². The largest absolute Gasteiger partial charge is 0.332 e. The molecule has 6 nitrogen and oxygen atoms in total. The fourth-order valence-corrected chi connectivity index (χ4v) is 2.39. The molecule has 0 aliphatic carbocycles. The number of aryl methyl sites for hydroxylation is 1. The number of benzene rings is 1. The van der Waals surface area contributed by atoms with E-state index < -0.39 is 10.0 Å². The number of nitriles is 1. The number of hydrogen-bond acceptors (Lipinski definition) is 4. The van der Waals surface area contributed by atoms with Crippen LogP contribution in [-0.2, 0) is 10.0 Å². The standard InChI is InChI=1S/C11H10N4O2S/c1-8-13-7-11(14-8)18(16,17)15-10-4-2-9(6-12)3-5-10/h2-5,7,15H,1H3,(H,13,14). The summed E-state index contributed by atoms with van der Waals surface area (Å²) in [5.74, 6) is 0.523. The summed E-state index contributed by atoms with van der Waals surface area (Å²) in [4.78, 5) is 6.48. The lowest BCUT2D eigenvalue weighted by Gasteiger charge is -2.05. The van der Waals surface area contributed by atoms with Gasteiger partial charge in [0.1, 0.15) is 5.82 Å². The van der Waals surface area contributed by atoms with Crippen molar-refractivity contribution in [3.05, 3.63) is 41.9 Å². The third-order valence-electron chi connectivity index (χ3n) is 2.24. The van der Waals surface area contributed by atoms with Crippen LogP contribution >= 0.6 is 0 Å². The molecule has 0 saturated carbocycles. The van der Waals surface area contributed by atoms with Crippen LogP contribution in [0.2, 0.25) is 0 Å². The number of rotatable bonds is 3. The Hall–Kier alpha value is -2.33. The van der Waals surface area contributed by atoms with E-state index in [1.54, 1.807) is 6.92 Å². The number of sulfonamides is 1. The van der Waals surface area contributed by atoms with Crippen LogP contribution in [0.3, 0.4) is 0 Å². The average molecular weight is 262 g/mol. The molecule has 7 heteroatoms. The Bertz CT molecular complexity index is 695. The van der Waals surface area contributed by atoms with Crippen LogP contribution in [0.5, 0.6) is 0 Å². The molecule has 2 N–H and O–H groups in total. The van der Waals surface area contributed by atoms with E-state index in [0.717, 1.165) is 0 Å². The molecular formula is C11H10N4O2S. The summed E-state index contributed by atoms with van der Waals surface area (Å²) in [6.45, 7) is 1.67. The second-order valence-corrected chi connectivity index (χ2v) is 5.28. The Morgan fingerprint density at radius 2 is 2.00 bits per heavy atom. The van der Waals surface area contributed by atoms with E-state index in [2.05, 4.69) is 14.7 Å². The van der Waals surface area contributed by atoms with Gasteiger partial charge in [0.15, 0.2) is 5.03 Å². The van der Waals surface area contributed by atoms with Gasteiger partial charge in [-0.25, -0.2) is 4.98 Å². The van der Waals surface area contributed by atoms with Crippen molar-refractivity contribution in [3.8, 4) is 6.07 Å². The lowest BCUT2D eigenvalue weighted by atomic mass is 10.2. The van der Waals surface area contributed by atoms with E-state index in [1.807, 2.05) is 6.07 Å². The third-order valence-corrected chi connectivity index (χ3v) is 3.53. The molecular weight excluding hydrogens is 252 g/mol. The van der Waals surface area contributed by atoms with Crippen LogP contribution in [0.25, 0.3) is 0 Å². The lowest BCUT2D eigenvalue weighted by molar-refractivity contribution is 0.598. The van der Waals surface area contributed by atoms with Gasteiger partial charge in [0.25, 0.3) is 10.0 Å². The summed E-state index contributed by atoms with van der Waals surface area (Å²) in [7, 11) is -3.66. The van der Waals surface area contributed by atoms with E-state index >= 15 is 0 Å². The molecule has 0 amide bonds. The number of aromatic amines is 1. The smallest absolute Gasteiger partial charge is 0.278 e. The van der Waals surface area contributed by atoms with Crippen LogP contribution in [0.15, 0.2) is 35.5 Å². The van der Waals surface area contributed by atoms with Gasteiger partial charge in [0.2, 0.25) is 0 Å². The van der Waals surface area contributed by atoms with E-state index in [9.17, 15) is 8.42 Å². The minimum atomic E-state index is -3.66. The van der Waals surface area contributed by atoms with Crippen molar-refractivity contribution in [3.63, 3.8) is 0 Å². The molecule has 2 aromatic rings. The van der Waals surface area contributed by atoms with E-state index in [0.29, 0.717) is 17.1 Å². The summed E-state index contributed by atoms with van der Waals surface area (Å²) >= 11 is 0. The molecule has 1 heterocycles. The van der Waals surface area contributed by atoms with Gasteiger partial charge in [-0.3, -0.25) is 4.72 Å². The monoisotopic (exact) mass is 262 g/mol. The summed E-state index contributed by atoms with van der Waals surface area (Å²) < 4.78 is 26.2. The van der Waals surface area contributed by atoms with Gasteiger partial charge in [0, 0.05) is 5.69 Å². The minimum absolute atomic E-state index is 0.00404. The number of aromatic nitrogens is 2. The first-order valence-electron chi connectivity index (χ1n) is 5.06. The maximum atomic E-state index is 11.9. The number of anilines is 1. The molecule has 0 atom stereocenters. The van der Waals surface area contributed by atoms with Gasteiger partial charge in [-0.15, -0.1) is 0 Å². The van der Waals surface area contributed by atoms with Gasteiger partial charge in [-0.2, -0.15) is 13.7 Å². The Kier molecular flexibility index (Phi) is 3.04. The number of imidazole rings is 1. The first kappa shape index (κ1) is 12.1. The SMILES string of the molecule is Cc1ncc(S(=O)(=O)Nc2ccc(C#N)cc2)[nH]1. The summed E-state index contributed by atoms with van der Waals surface area (Å²) in [5.41, 5.74) is 0.858. The van der Waals surface area contributed by atoms with Crippen molar-refractivity contribution >= 4 is 15.7 Å². The average Bonchev–Trinajstić information content (AvgIpc) is 2.77. The Labute approximate surface area is 104 Å². The lowest BCUT2D eigenvalue weighted by Crippen LogP contribution is -2.13. The van der Waals surface area contributed by atoms with Crippen LogP contribution in [0.1, 0.15) is 11.4 Å². The third kappa shape index (κ3) is 2.49. The Balaban J connectivity index is 2.25. The highest BCUT2D eigenvalue weighted by Gasteiger charge is 2.16. The molecule has 1 aromatic heterocycles. The summed E-state index contributed by atoms with van der Waals surface area (Å²) in [5, 5.41) is 8.64. The van der Waals surface area contributed by atoms with Crippen LogP contribution in [-0.4, -0.2) is 18.4 Å². The normalized spacial score (nSPS) is 10.9. The second kappa shape index (κ2) is 4.50. The van der Waals surface area contributed by atoms with Crippen molar-refractivity contribution < 1.29 is 8.42 Å². The highest BCUT2D eigenvalue weighted by Crippen LogP contribution is 2.14. The zero-order valence-electron chi connectivity index (χ0n) is 9.51. The molecule has 92 valence electrons. The molecule has 0 aliphatic rings. The maximum absolute atomic E-state index is 11.9. The molecule has 2 rings (SSSR count). The molecule has 0 fully saturated rings. The van der Waals surface area contributed by atoms with Crippen LogP contribution in [0.4, 0.5) is 5.69 Å². The first-order valence-corrected chi connectivity index (χ1v) is 6.54. The number of hydrogen-bond donors (Lipinski definition) is 2. The Morgan fingerprint density at radius 1 is 1.33 bits per heavy atom. The molecule has 18 heavy (non-hydrogen) atoms. The van der Waals surface area contributed by atoms with Crippen LogP contribution in [0, 0.1) is 18.3 Å². The van der Waals surface area contributed by atoms with Crippen molar-refractivity contribution in [1.82, 2.24) is 9.97 Å². The van der Waals surface area contributed by atoms with E-state index in [1.165, 1.54) is 30.5 Å². The van der Waals surface area contributed by atoms with Gasteiger partial charge >= 0.3 is 0 Å². The predicted molar refractivity (Wildman–Crippen MR) is 65.3 cm³/mol. The molecule has 0 bridgehead atoms. The molecule has 0 aliphatic heterocycles. The zero-order valence-corrected chi connectivity index (χ0v) is 10.3. The molecule has 0 saturated heterocycles. The van der Waals surface area contributed by atoms with Crippen molar-refractivity contribution in [2.75, 3.05) is 4.72 Å². The van der Waals surface area contributed by atoms with Crippen molar-refractivity contribution in [1.29, 1.82) is 5.26 Å². The van der Waals surface area contributed by atoms with Crippen molar-refractivity contribution in [2.24, 2.45) is 0 Å². The quantitative estimate of drug-likeness (QED) is 0.873. The number of nitrogens with one attached hydrogen (secondary N) is 2. The van der Waals surface area contributed by atoms with Gasteiger partial charge in [-0.1, -0.05) is 0 Å². The molecule has 0 radical (unpaired) electrons. The Morgan fingerprint density at radius 3 is 2.50 bits per heavy atom. The zero-order chi connectivity index (χ0) is 13.2. The molecule has 0 spiro atoms. The van der Waals surface area contributed by atoms with E-state index in [4.69, 9.17) is 5.26 Å². The molecule has 1 aromatic carbocycles. The summed E-state index contributed by atoms with van der Waals surface area (Å²) in [6.07, 6.45) is 1.25. The maximum Gasteiger partial charge on any atom is 0.278 e. The van der Waals surface area contributed by atoms with E-state index in [-0.39, 0.29) is 5.03 Å². The first-order chi connectivity index (χ1) is 8.51. The number of H-pyrrole nitrogens is 1. The van der Waals surface area contributed by atoms with Crippen LogP contribution < -0.4 is 4.72 Å². The predicted octanol–water partition coefficient (Wildman–Crippen LogP) is 1.39. The fraction of sp³-hybridized carbons (Fsp3) is 0.0909. The molecule has 0 unspecified atom stereocenters. The topological polar surface area (TPSA) is 98.6 Å². The highest BCUT2D eigenvalue weighted by atomic mass is 32.2. The highest BCUT2D eigenvalue weighted by molar-refractivity contribution is 7.92. The fourth-order valence-electron chi connectivity index (χ4n) is 1.36. The summed E-state index contributed by atoms with van der Waals surface area (Å²) in [6, 6.07) is 8.09. The number of nitrogens with zero attached hydrogens (tertiary/aromatic N) is 2. The van der Waals surface area contributed by atoms with Gasteiger partial charge < -0.3 is 4.98 Å². The van der Waals surface area contributed by atoms with Crippen molar-refractivity contribution in [2.45, 2.75) is 11.9 Å². The second-order valence-electron chi connectivity index (χ2n) is 3.63.